The second-order valence-electron chi connectivity index (χ2n) is 6.72. The summed E-state index contributed by atoms with van der Waals surface area (Å²) < 4.78 is 26.9. The number of hydrogen-bond acceptors (Lipinski definition) is 6. The summed E-state index contributed by atoms with van der Waals surface area (Å²) in [4.78, 5) is 18.9. The zero-order valence-corrected chi connectivity index (χ0v) is 18.1. The van der Waals surface area contributed by atoms with Crippen LogP contribution in [-0.4, -0.2) is 60.0 Å². The SMILES string of the molecule is CCN(CC)S(=O)(=O)c1cc(C(=O)Nc2nc(N3CCCCC3)n[nH]2)ccc1Cl. The Morgan fingerprint density at radius 2 is 1.93 bits per heavy atom. The number of nitrogens with zero attached hydrogens (tertiary/aromatic N) is 4. The number of amides is 1. The van der Waals surface area contributed by atoms with Crippen molar-refractivity contribution in [3.63, 3.8) is 0 Å². The van der Waals surface area contributed by atoms with E-state index in [4.69, 9.17) is 11.6 Å². The molecule has 1 aliphatic heterocycles. The largest absolute Gasteiger partial charge is 0.340 e. The minimum atomic E-state index is -3.79. The number of carbonyl (C=O) groups excluding carboxylic acids is 1. The molecule has 2 aromatic rings. The molecule has 0 unspecified atom stereocenters. The lowest BCUT2D eigenvalue weighted by molar-refractivity contribution is 0.102. The normalized spacial score (nSPS) is 15.0. The zero-order chi connectivity index (χ0) is 21.0. The molecule has 0 saturated carbocycles. The fourth-order valence-corrected chi connectivity index (χ4v) is 5.23. The molecule has 2 heterocycles. The number of rotatable bonds is 7. The van der Waals surface area contributed by atoms with Crippen molar-refractivity contribution in [1.29, 1.82) is 0 Å². The van der Waals surface area contributed by atoms with Crippen LogP contribution in [0.25, 0.3) is 0 Å². The first-order valence-corrected chi connectivity index (χ1v) is 11.5. The molecule has 0 atom stereocenters. The standard InChI is InChI=1S/C18H25ClN6O3S/c1-3-25(4-2)29(27,28)15-12-13(8-9-14(15)19)16(26)20-17-21-18(23-22-17)24-10-6-5-7-11-24/h8-9,12H,3-7,10-11H2,1-2H3,(H2,20,21,22,23,26). The molecule has 9 nitrogen and oxygen atoms in total. The Labute approximate surface area is 175 Å². The fourth-order valence-electron chi connectivity index (χ4n) is 3.27. The Hall–Kier alpha value is -2.17. The molecule has 1 aromatic carbocycles. The third kappa shape index (κ3) is 4.71. The van der Waals surface area contributed by atoms with Gasteiger partial charge in [-0.15, -0.1) is 5.10 Å². The summed E-state index contributed by atoms with van der Waals surface area (Å²) in [5, 5.41) is 9.56. The maximum atomic E-state index is 12.8. The van der Waals surface area contributed by atoms with Gasteiger partial charge in [0.1, 0.15) is 4.90 Å². The van der Waals surface area contributed by atoms with Gasteiger partial charge in [-0.05, 0) is 37.5 Å². The molecule has 29 heavy (non-hydrogen) atoms. The molecule has 0 spiro atoms. The number of sulfonamides is 1. The first kappa shape index (κ1) is 21.5. The van der Waals surface area contributed by atoms with E-state index < -0.39 is 15.9 Å². The molecule has 1 saturated heterocycles. The summed E-state index contributed by atoms with van der Waals surface area (Å²) in [6, 6.07) is 4.17. The lowest BCUT2D eigenvalue weighted by atomic mass is 10.1. The number of aromatic nitrogens is 3. The van der Waals surface area contributed by atoms with Crippen molar-refractivity contribution >= 4 is 39.4 Å². The quantitative estimate of drug-likeness (QED) is 0.684. The molecule has 3 rings (SSSR count). The smallest absolute Gasteiger partial charge is 0.258 e. The van der Waals surface area contributed by atoms with Gasteiger partial charge in [0.25, 0.3) is 5.91 Å². The van der Waals surface area contributed by atoms with Gasteiger partial charge in [-0.1, -0.05) is 25.4 Å². The number of benzene rings is 1. The van der Waals surface area contributed by atoms with E-state index >= 15 is 0 Å². The van der Waals surface area contributed by atoms with Gasteiger partial charge in [-0.25, -0.2) is 13.5 Å². The molecular formula is C18H25ClN6O3S. The third-order valence-corrected chi connectivity index (χ3v) is 7.39. The maximum Gasteiger partial charge on any atom is 0.258 e. The molecule has 2 N–H and O–H groups in total. The molecule has 1 fully saturated rings. The van der Waals surface area contributed by atoms with Crippen molar-refractivity contribution in [2.45, 2.75) is 38.0 Å². The van der Waals surface area contributed by atoms with Crippen LogP contribution in [0.3, 0.4) is 0 Å². The summed E-state index contributed by atoms with van der Waals surface area (Å²) >= 11 is 6.12. The van der Waals surface area contributed by atoms with Crippen molar-refractivity contribution < 1.29 is 13.2 Å². The average Bonchev–Trinajstić information content (AvgIpc) is 3.18. The highest BCUT2D eigenvalue weighted by Gasteiger charge is 2.26. The number of piperidine rings is 1. The van der Waals surface area contributed by atoms with Crippen LogP contribution in [0.4, 0.5) is 11.9 Å². The minimum Gasteiger partial charge on any atom is -0.340 e. The Balaban J connectivity index is 1.79. The Morgan fingerprint density at radius 3 is 2.59 bits per heavy atom. The van der Waals surface area contributed by atoms with Gasteiger partial charge in [0.05, 0.1) is 5.02 Å². The zero-order valence-electron chi connectivity index (χ0n) is 16.5. The highest BCUT2D eigenvalue weighted by atomic mass is 35.5. The van der Waals surface area contributed by atoms with E-state index in [0.717, 1.165) is 25.9 Å². The summed E-state index contributed by atoms with van der Waals surface area (Å²) in [7, 11) is -3.79. The number of anilines is 2. The predicted molar refractivity (Wildman–Crippen MR) is 112 cm³/mol. The number of carbonyl (C=O) groups is 1. The second-order valence-corrected chi connectivity index (χ2v) is 9.03. The number of halogens is 1. The topological polar surface area (TPSA) is 111 Å². The number of aromatic amines is 1. The van der Waals surface area contributed by atoms with Crippen molar-refractivity contribution in [2.75, 3.05) is 36.4 Å². The third-order valence-electron chi connectivity index (χ3n) is 4.86. The van der Waals surface area contributed by atoms with E-state index in [0.29, 0.717) is 19.0 Å². The molecule has 0 bridgehead atoms. The molecule has 11 heteroatoms. The van der Waals surface area contributed by atoms with Crippen LogP contribution in [0, 0.1) is 0 Å². The number of nitrogens with one attached hydrogen (secondary N) is 2. The highest BCUT2D eigenvalue weighted by Crippen LogP contribution is 2.26. The van der Waals surface area contributed by atoms with Crippen LogP contribution in [-0.2, 0) is 10.0 Å². The van der Waals surface area contributed by atoms with Crippen LogP contribution in [0.15, 0.2) is 23.1 Å². The summed E-state index contributed by atoms with van der Waals surface area (Å²) in [5.41, 5.74) is 0.163. The van der Waals surface area contributed by atoms with Gasteiger partial charge in [0, 0.05) is 31.7 Å². The van der Waals surface area contributed by atoms with Gasteiger partial charge in [0.2, 0.25) is 21.9 Å². The highest BCUT2D eigenvalue weighted by molar-refractivity contribution is 7.89. The molecule has 158 valence electrons. The molecule has 1 aliphatic rings. The van der Waals surface area contributed by atoms with Gasteiger partial charge in [0.15, 0.2) is 0 Å². The second kappa shape index (κ2) is 9.10. The van der Waals surface area contributed by atoms with Gasteiger partial charge in [-0.2, -0.15) is 9.29 Å². The van der Waals surface area contributed by atoms with Gasteiger partial charge < -0.3 is 4.90 Å². The fraction of sp³-hybridized carbons (Fsp3) is 0.500. The van der Waals surface area contributed by atoms with Crippen molar-refractivity contribution in [3.05, 3.63) is 28.8 Å². The van der Waals surface area contributed by atoms with Crippen LogP contribution in [0.1, 0.15) is 43.5 Å². The van der Waals surface area contributed by atoms with E-state index in [1.165, 1.54) is 28.9 Å². The van der Waals surface area contributed by atoms with Crippen LogP contribution >= 0.6 is 11.6 Å². The van der Waals surface area contributed by atoms with Crippen molar-refractivity contribution in [3.8, 4) is 0 Å². The average molecular weight is 441 g/mol. The maximum absolute atomic E-state index is 12.8. The molecule has 0 radical (unpaired) electrons. The van der Waals surface area contributed by atoms with E-state index in [-0.39, 0.29) is 21.4 Å². The Bertz CT molecular complexity index is 968. The lowest BCUT2D eigenvalue weighted by Crippen LogP contribution is -2.31. The molecule has 0 aliphatic carbocycles. The number of hydrogen-bond donors (Lipinski definition) is 2. The Morgan fingerprint density at radius 1 is 1.24 bits per heavy atom. The molecular weight excluding hydrogens is 416 g/mol. The van der Waals surface area contributed by atoms with E-state index in [1.54, 1.807) is 13.8 Å². The van der Waals surface area contributed by atoms with E-state index in [1.807, 2.05) is 0 Å². The van der Waals surface area contributed by atoms with E-state index in [9.17, 15) is 13.2 Å². The first-order chi connectivity index (χ1) is 13.9. The first-order valence-electron chi connectivity index (χ1n) is 9.65. The summed E-state index contributed by atoms with van der Waals surface area (Å²) in [5.74, 6) is 0.249. The van der Waals surface area contributed by atoms with Crippen molar-refractivity contribution in [2.24, 2.45) is 0 Å². The molecule has 1 amide bonds. The van der Waals surface area contributed by atoms with Gasteiger partial charge >= 0.3 is 0 Å². The van der Waals surface area contributed by atoms with Crippen LogP contribution in [0.2, 0.25) is 5.02 Å². The van der Waals surface area contributed by atoms with Crippen LogP contribution in [0.5, 0.6) is 0 Å². The minimum absolute atomic E-state index is 0.0699. The predicted octanol–water partition coefficient (Wildman–Crippen LogP) is 2.73. The Kier molecular flexibility index (Phi) is 6.76. The van der Waals surface area contributed by atoms with E-state index in [2.05, 4.69) is 25.4 Å². The molecule has 1 aromatic heterocycles. The lowest BCUT2D eigenvalue weighted by Gasteiger charge is -2.24. The van der Waals surface area contributed by atoms with Crippen LogP contribution < -0.4 is 10.2 Å². The summed E-state index contributed by atoms with van der Waals surface area (Å²) in [6.45, 7) is 5.88. The van der Waals surface area contributed by atoms with Crippen molar-refractivity contribution in [1.82, 2.24) is 19.5 Å². The van der Waals surface area contributed by atoms with Gasteiger partial charge in [-0.3, -0.25) is 10.1 Å². The monoisotopic (exact) mass is 440 g/mol. The summed E-state index contributed by atoms with van der Waals surface area (Å²) in [6.07, 6.45) is 3.37. The number of H-pyrrole nitrogens is 1.